The number of carbonyl (C=O) groups is 2. The van der Waals surface area contributed by atoms with Crippen molar-refractivity contribution in [3.8, 4) is 0 Å². The van der Waals surface area contributed by atoms with E-state index in [-0.39, 0.29) is 24.0 Å². The van der Waals surface area contributed by atoms with Gasteiger partial charge in [0.2, 0.25) is 0 Å². The van der Waals surface area contributed by atoms with Crippen molar-refractivity contribution in [3.63, 3.8) is 0 Å². The summed E-state index contributed by atoms with van der Waals surface area (Å²) in [4.78, 5) is 25.0. The van der Waals surface area contributed by atoms with Gasteiger partial charge in [-0.1, -0.05) is 24.3 Å². The first-order chi connectivity index (χ1) is 12.1. The molecule has 0 radical (unpaired) electrons. The molecular formula is C18H18F3N3O2. The van der Waals surface area contributed by atoms with Gasteiger partial charge in [-0.05, 0) is 37.8 Å². The molecule has 1 unspecified atom stereocenters. The topological polar surface area (TPSA) is 64.0 Å². The highest BCUT2D eigenvalue weighted by atomic mass is 19.4. The Labute approximate surface area is 148 Å². The zero-order valence-corrected chi connectivity index (χ0v) is 14.6. The van der Waals surface area contributed by atoms with Gasteiger partial charge in [0.15, 0.2) is 5.54 Å². The number of fused-ring (bicyclic) bond motifs is 1. The van der Waals surface area contributed by atoms with Crippen molar-refractivity contribution in [2.24, 2.45) is 7.05 Å². The van der Waals surface area contributed by atoms with Crippen LogP contribution in [0.1, 0.15) is 39.3 Å². The maximum atomic E-state index is 13.9. The number of nitrogens with zero attached hydrogens (tertiary/aromatic N) is 2. The van der Waals surface area contributed by atoms with Crippen LogP contribution in [0.2, 0.25) is 0 Å². The van der Waals surface area contributed by atoms with Gasteiger partial charge < -0.3 is 5.32 Å². The molecule has 0 bridgehead atoms. The van der Waals surface area contributed by atoms with Crippen molar-refractivity contribution in [2.75, 3.05) is 0 Å². The summed E-state index contributed by atoms with van der Waals surface area (Å²) in [5, 5.41) is 6.04. The lowest BCUT2D eigenvalue weighted by Gasteiger charge is -2.33. The number of hydrogen-bond acceptors (Lipinski definition) is 3. The quantitative estimate of drug-likeness (QED) is 0.672. The normalized spacial score (nSPS) is 19.3. The van der Waals surface area contributed by atoms with Crippen LogP contribution in [-0.4, -0.2) is 27.6 Å². The molecule has 0 saturated carbocycles. The molecule has 2 aromatic rings. The number of amides is 1. The van der Waals surface area contributed by atoms with E-state index < -0.39 is 23.4 Å². The van der Waals surface area contributed by atoms with E-state index in [4.69, 9.17) is 0 Å². The Morgan fingerprint density at radius 3 is 2.46 bits per heavy atom. The number of benzene rings is 1. The Balaban J connectivity index is 2.00. The van der Waals surface area contributed by atoms with Gasteiger partial charge in [-0.15, -0.1) is 0 Å². The van der Waals surface area contributed by atoms with Crippen LogP contribution in [0.3, 0.4) is 0 Å². The SMILES string of the molecule is Cc1nn(C)c(C)c1C(=O)C(=O)NC1(C(F)(F)F)CCc2ccccc21. The van der Waals surface area contributed by atoms with E-state index in [2.05, 4.69) is 5.10 Å². The molecule has 1 heterocycles. The Morgan fingerprint density at radius 1 is 1.23 bits per heavy atom. The molecule has 1 amide bonds. The molecule has 8 heteroatoms. The summed E-state index contributed by atoms with van der Waals surface area (Å²) < 4.78 is 43.2. The monoisotopic (exact) mass is 365 g/mol. The molecule has 26 heavy (non-hydrogen) atoms. The third-order valence-electron chi connectivity index (χ3n) is 5.00. The highest BCUT2D eigenvalue weighted by Crippen LogP contribution is 2.48. The van der Waals surface area contributed by atoms with Crippen molar-refractivity contribution in [3.05, 3.63) is 52.3 Å². The van der Waals surface area contributed by atoms with E-state index in [9.17, 15) is 22.8 Å². The minimum atomic E-state index is -4.73. The summed E-state index contributed by atoms with van der Waals surface area (Å²) in [5.74, 6) is -2.29. The molecule has 0 saturated heterocycles. The predicted octanol–water partition coefficient (Wildman–Crippen LogP) is 2.74. The fourth-order valence-electron chi connectivity index (χ4n) is 3.57. The zero-order valence-electron chi connectivity index (χ0n) is 14.6. The molecule has 1 aromatic heterocycles. The van der Waals surface area contributed by atoms with Gasteiger partial charge in [0.05, 0.1) is 11.3 Å². The van der Waals surface area contributed by atoms with Crippen molar-refractivity contribution in [1.29, 1.82) is 0 Å². The number of nitrogens with one attached hydrogen (secondary N) is 1. The molecule has 3 rings (SSSR count). The number of carbonyl (C=O) groups excluding carboxylic acids is 2. The third kappa shape index (κ3) is 2.60. The molecule has 0 spiro atoms. The second-order valence-electron chi connectivity index (χ2n) is 6.51. The Morgan fingerprint density at radius 2 is 1.88 bits per heavy atom. The first kappa shape index (κ1) is 18.2. The van der Waals surface area contributed by atoms with E-state index >= 15 is 0 Å². The summed E-state index contributed by atoms with van der Waals surface area (Å²) in [7, 11) is 1.60. The van der Waals surface area contributed by atoms with Crippen molar-refractivity contribution >= 4 is 11.7 Å². The van der Waals surface area contributed by atoms with E-state index in [0.717, 1.165) is 0 Å². The molecule has 5 nitrogen and oxygen atoms in total. The number of aromatic nitrogens is 2. The van der Waals surface area contributed by atoms with Gasteiger partial charge in [-0.25, -0.2) is 0 Å². The van der Waals surface area contributed by atoms with Crippen LogP contribution in [0.15, 0.2) is 24.3 Å². The Hall–Kier alpha value is -2.64. The van der Waals surface area contributed by atoms with Crippen LogP contribution in [0.25, 0.3) is 0 Å². The van der Waals surface area contributed by atoms with Crippen molar-refractivity contribution in [2.45, 2.75) is 38.4 Å². The van der Waals surface area contributed by atoms with Crippen LogP contribution in [-0.2, 0) is 23.8 Å². The Bertz CT molecular complexity index is 902. The molecule has 1 aromatic carbocycles. The summed E-state index contributed by atoms with van der Waals surface area (Å²) >= 11 is 0. The van der Waals surface area contributed by atoms with Gasteiger partial charge in [-0.2, -0.15) is 18.3 Å². The lowest BCUT2D eigenvalue weighted by molar-refractivity contribution is -0.201. The summed E-state index contributed by atoms with van der Waals surface area (Å²) in [5.41, 5.74) is -1.28. The molecule has 1 N–H and O–H groups in total. The summed E-state index contributed by atoms with van der Waals surface area (Å²) in [6.45, 7) is 3.13. The average molecular weight is 365 g/mol. The summed E-state index contributed by atoms with van der Waals surface area (Å²) in [6, 6.07) is 6.10. The lowest BCUT2D eigenvalue weighted by atomic mass is 9.90. The maximum Gasteiger partial charge on any atom is 0.415 e. The van der Waals surface area contributed by atoms with Crippen LogP contribution in [0.4, 0.5) is 13.2 Å². The van der Waals surface area contributed by atoms with Crippen LogP contribution in [0, 0.1) is 13.8 Å². The number of ketones is 1. The number of rotatable bonds is 3. The van der Waals surface area contributed by atoms with Gasteiger partial charge in [0.1, 0.15) is 0 Å². The largest absolute Gasteiger partial charge is 0.415 e. The van der Waals surface area contributed by atoms with E-state index in [1.807, 2.05) is 5.32 Å². The molecule has 1 atom stereocenters. The average Bonchev–Trinajstić information content (AvgIpc) is 3.05. The second kappa shape index (κ2) is 5.96. The highest BCUT2D eigenvalue weighted by Gasteiger charge is 2.60. The van der Waals surface area contributed by atoms with Crippen LogP contribution < -0.4 is 5.32 Å². The third-order valence-corrected chi connectivity index (χ3v) is 5.00. The summed E-state index contributed by atoms with van der Waals surface area (Å²) in [6.07, 6.45) is -4.89. The van der Waals surface area contributed by atoms with E-state index in [1.54, 1.807) is 26.1 Å². The first-order valence-corrected chi connectivity index (χ1v) is 8.10. The van der Waals surface area contributed by atoms with Gasteiger partial charge in [0, 0.05) is 12.7 Å². The number of Topliss-reactive ketones (excluding diaryl/α,β-unsaturated/α-hetero) is 1. The molecule has 0 fully saturated rings. The first-order valence-electron chi connectivity index (χ1n) is 8.10. The smallest absolute Gasteiger partial charge is 0.331 e. The van der Waals surface area contributed by atoms with Gasteiger partial charge in [-0.3, -0.25) is 14.3 Å². The number of halogens is 3. The standard InChI is InChI=1S/C18H18F3N3O2/c1-10-14(11(2)24(3)23-10)15(25)16(26)22-17(18(19,20)21)9-8-12-6-4-5-7-13(12)17/h4-7H,8-9H2,1-3H3,(H,22,26). The maximum absolute atomic E-state index is 13.9. The second-order valence-corrected chi connectivity index (χ2v) is 6.51. The molecule has 1 aliphatic carbocycles. The van der Waals surface area contributed by atoms with Crippen LogP contribution >= 0.6 is 0 Å². The van der Waals surface area contributed by atoms with Gasteiger partial charge in [0.25, 0.3) is 11.7 Å². The number of alkyl halides is 3. The van der Waals surface area contributed by atoms with E-state index in [0.29, 0.717) is 17.0 Å². The van der Waals surface area contributed by atoms with E-state index in [1.165, 1.54) is 23.7 Å². The highest BCUT2D eigenvalue weighted by molar-refractivity contribution is 6.43. The van der Waals surface area contributed by atoms with Crippen LogP contribution in [0.5, 0.6) is 0 Å². The zero-order chi connectivity index (χ0) is 19.3. The minimum absolute atomic E-state index is 0.00622. The molecule has 0 aliphatic heterocycles. The fourth-order valence-corrected chi connectivity index (χ4v) is 3.57. The number of hydrogen-bond donors (Lipinski definition) is 1. The molecule has 1 aliphatic rings. The lowest BCUT2D eigenvalue weighted by Crippen LogP contribution is -2.56. The fraction of sp³-hybridized carbons (Fsp3) is 0.389. The molecular weight excluding hydrogens is 347 g/mol. The Kier molecular flexibility index (Phi) is 4.17. The van der Waals surface area contributed by atoms with Crippen molar-refractivity contribution in [1.82, 2.24) is 15.1 Å². The molecule has 138 valence electrons. The minimum Gasteiger partial charge on any atom is -0.331 e. The predicted molar refractivity (Wildman–Crippen MR) is 87.7 cm³/mol. The van der Waals surface area contributed by atoms with Crippen molar-refractivity contribution < 1.29 is 22.8 Å². The number of aryl methyl sites for hydroxylation is 3. The van der Waals surface area contributed by atoms with Gasteiger partial charge >= 0.3 is 6.18 Å².